The van der Waals surface area contributed by atoms with E-state index >= 15 is 0 Å². The Morgan fingerprint density at radius 2 is 2.00 bits per heavy atom. The van der Waals surface area contributed by atoms with Crippen molar-refractivity contribution < 1.29 is 4.74 Å². The summed E-state index contributed by atoms with van der Waals surface area (Å²) in [5.41, 5.74) is 2.18. The van der Waals surface area contributed by atoms with E-state index in [2.05, 4.69) is 17.2 Å². The van der Waals surface area contributed by atoms with Crippen molar-refractivity contribution in [2.75, 3.05) is 6.54 Å². The van der Waals surface area contributed by atoms with Gasteiger partial charge in [0.05, 0.1) is 0 Å². The Balaban J connectivity index is 2.21. The summed E-state index contributed by atoms with van der Waals surface area (Å²) in [6, 6.07) is 11.9. The van der Waals surface area contributed by atoms with Crippen LogP contribution in [0, 0.1) is 6.92 Å². The molecule has 0 spiro atoms. The number of ether oxygens (including phenoxy) is 1. The molecular weight excluding hydrogens is 224 g/mol. The van der Waals surface area contributed by atoms with Crippen LogP contribution in [0.25, 0.3) is 0 Å². The molecule has 0 saturated carbocycles. The van der Waals surface area contributed by atoms with Gasteiger partial charge in [0.25, 0.3) is 0 Å². The van der Waals surface area contributed by atoms with Crippen LogP contribution >= 0.6 is 0 Å². The number of benzene rings is 1. The van der Waals surface area contributed by atoms with Crippen molar-refractivity contribution in [1.82, 2.24) is 10.3 Å². The van der Waals surface area contributed by atoms with E-state index in [4.69, 9.17) is 4.74 Å². The van der Waals surface area contributed by atoms with E-state index in [0.29, 0.717) is 5.88 Å². The normalized spacial score (nSPS) is 10.3. The number of rotatable bonds is 5. The molecule has 1 aromatic carbocycles. The Bertz CT molecular complexity index is 511. The fourth-order valence-corrected chi connectivity index (χ4v) is 1.69. The first-order valence-corrected chi connectivity index (χ1v) is 6.19. The number of aryl methyl sites for hydroxylation is 1. The summed E-state index contributed by atoms with van der Waals surface area (Å²) in [4.78, 5) is 4.31. The molecule has 0 aliphatic rings. The van der Waals surface area contributed by atoms with Crippen LogP contribution in [0.1, 0.15) is 18.1 Å². The molecule has 3 nitrogen and oxygen atoms in total. The van der Waals surface area contributed by atoms with Gasteiger partial charge in [0.1, 0.15) is 5.75 Å². The molecule has 0 fully saturated rings. The van der Waals surface area contributed by atoms with Gasteiger partial charge >= 0.3 is 0 Å². The molecule has 0 amide bonds. The molecule has 94 valence electrons. The van der Waals surface area contributed by atoms with Gasteiger partial charge < -0.3 is 10.1 Å². The minimum Gasteiger partial charge on any atom is -0.438 e. The second kappa shape index (κ2) is 6.17. The summed E-state index contributed by atoms with van der Waals surface area (Å²) >= 11 is 0. The molecule has 0 atom stereocenters. The molecule has 3 heteroatoms. The Morgan fingerprint density at radius 1 is 1.17 bits per heavy atom. The molecule has 18 heavy (non-hydrogen) atoms. The molecule has 0 radical (unpaired) electrons. The van der Waals surface area contributed by atoms with Crippen molar-refractivity contribution in [2.45, 2.75) is 20.4 Å². The molecule has 1 N–H and O–H groups in total. The minimum absolute atomic E-state index is 0.674. The minimum atomic E-state index is 0.674. The summed E-state index contributed by atoms with van der Waals surface area (Å²) in [6.45, 7) is 5.81. The Morgan fingerprint density at radius 3 is 2.78 bits per heavy atom. The molecule has 1 heterocycles. The van der Waals surface area contributed by atoms with Crippen molar-refractivity contribution in [2.24, 2.45) is 0 Å². The largest absolute Gasteiger partial charge is 0.438 e. The van der Waals surface area contributed by atoms with Crippen LogP contribution in [0.5, 0.6) is 11.6 Å². The van der Waals surface area contributed by atoms with Gasteiger partial charge in [-0.2, -0.15) is 0 Å². The summed E-state index contributed by atoms with van der Waals surface area (Å²) < 4.78 is 5.89. The molecule has 0 unspecified atom stereocenters. The lowest BCUT2D eigenvalue weighted by atomic mass is 10.2. The molecule has 1 aromatic heterocycles. The van der Waals surface area contributed by atoms with Crippen molar-refractivity contribution in [1.29, 1.82) is 0 Å². The van der Waals surface area contributed by atoms with Gasteiger partial charge in [0.15, 0.2) is 0 Å². The van der Waals surface area contributed by atoms with Crippen LogP contribution < -0.4 is 10.1 Å². The molecule has 0 aliphatic carbocycles. The maximum atomic E-state index is 5.89. The van der Waals surface area contributed by atoms with Crippen LogP contribution in [0.2, 0.25) is 0 Å². The molecule has 0 aliphatic heterocycles. The number of para-hydroxylation sites is 1. The first-order valence-electron chi connectivity index (χ1n) is 6.19. The van der Waals surface area contributed by atoms with E-state index in [1.54, 1.807) is 6.20 Å². The number of hydrogen-bond acceptors (Lipinski definition) is 3. The van der Waals surface area contributed by atoms with Crippen LogP contribution in [-0.4, -0.2) is 11.5 Å². The van der Waals surface area contributed by atoms with Crippen LogP contribution in [0.15, 0.2) is 42.6 Å². The fourth-order valence-electron chi connectivity index (χ4n) is 1.69. The van der Waals surface area contributed by atoms with Crippen molar-refractivity contribution in [3.63, 3.8) is 0 Å². The first kappa shape index (κ1) is 12.6. The number of nitrogens with zero attached hydrogens (tertiary/aromatic N) is 1. The van der Waals surface area contributed by atoms with E-state index in [-0.39, 0.29) is 0 Å². The van der Waals surface area contributed by atoms with Gasteiger partial charge in [0, 0.05) is 18.3 Å². The van der Waals surface area contributed by atoms with Crippen molar-refractivity contribution in [3.8, 4) is 11.6 Å². The maximum Gasteiger partial charge on any atom is 0.223 e. The Hall–Kier alpha value is -1.87. The van der Waals surface area contributed by atoms with Crippen LogP contribution in [-0.2, 0) is 6.54 Å². The maximum absolute atomic E-state index is 5.89. The SMILES string of the molecule is CCNCc1cccnc1Oc1ccccc1C. The zero-order valence-electron chi connectivity index (χ0n) is 10.8. The highest BCUT2D eigenvalue weighted by Crippen LogP contribution is 2.25. The lowest BCUT2D eigenvalue weighted by Crippen LogP contribution is -2.12. The van der Waals surface area contributed by atoms with Crippen LogP contribution in [0.4, 0.5) is 0 Å². The monoisotopic (exact) mass is 242 g/mol. The topological polar surface area (TPSA) is 34.2 Å². The third-order valence-corrected chi connectivity index (χ3v) is 2.72. The van der Waals surface area contributed by atoms with E-state index in [0.717, 1.165) is 30.0 Å². The predicted octanol–water partition coefficient (Wildman–Crippen LogP) is 3.29. The lowest BCUT2D eigenvalue weighted by Gasteiger charge is -2.11. The third-order valence-electron chi connectivity index (χ3n) is 2.72. The molecule has 0 saturated heterocycles. The predicted molar refractivity (Wildman–Crippen MR) is 72.9 cm³/mol. The van der Waals surface area contributed by atoms with E-state index in [9.17, 15) is 0 Å². The van der Waals surface area contributed by atoms with Crippen LogP contribution in [0.3, 0.4) is 0 Å². The standard InChI is InChI=1S/C15H18N2O/c1-3-16-11-13-8-6-10-17-15(13)18-14-9-5-4-7-12(14)2/h4-10,16H,3,11H2,1-2H3. The van der Waals surface area contributed by atoms with Crippen molar-refractivity contribution >= 4 is 0 Å². The van der Waals surface area contributed by atoms with E-state index in [1.807, 2.05) is 43.3 Å². The number of pyridine rings is 1. The summed E-state index contributed by atoms with van der Waals surface area (Å²) in [7, 11) is 0. The van der Waals surface area contributed by atoms with Gasteiger partial charge in [-0.1, -0.05) is 31.2 Å². The van der Waals surface area contributed by atoms with Gasteiger partial charge in [-0.3, -0.25) is 0 Å². The summed E-state index contributed by atoms with van der Waals surface area (Å²) in [6.07, 6.45) is 1.75. The van der Waals surface area contributed by atoms with Gasteiger partial charge in [0.2, 0.25) is 5.88 Å². The second-order valence-corrected chi connectivity index (χ2v) is 4.12. The zero-order valence-corrected chi connectivity index (χ0v) is 10.8. The van der Waals surface area contributed by atoms with Gasteiger partial charge in [-0.05, 0) is 31.2 Å². The molecule has 2 aromatic rings. The highest BCUT2D eigenvalue weighted by Gasteiger charge is 2.06. The lowest BCUT2D eigenvalue weighted by molar-refractivity contribution is 0.450. The smallest absolute Gasteiger partial charge is 0.223 e. The molecular formula is C15H18N2O. The molecule has 2 rings (SSSR count). The molecule has 0 bridgehead atoms. The third kappa shape index (κ3) is 3.08. The number of aromatic nitrogens is 1. The highest BCUT2D eigenvalue weighted by atomic mass is 16.5. The average Bonchev–Trinajstić information content (AvgIpc) is 2.40. The average molecular weight is 242 g/mol. The van der Waals surface area contributed by atoms with E-state index in [1.165, 1.54) is 0 Å². The fraction of sp³-hybridized carbons (Fsp3) is 0.267. The quantitative estimate of drug-likeness (QED) is 0.873. The van der Waals surface area contributed by atoms with E-state index < -0.39 is 0 Å². The highest BCUT2D eigenvalue weighted by molar-refractivity contribution is 5.37. The number of hydrogen-bond donors (Lipinski definition) is 1. The van der Waals surface area contributed by atoms with Gasteiger partial charge in [-0.25, -0.2) is 4.98 Å². The summed E-state index contributed by atoms with van der Waals surface area (Å²) in [5.74, 6) is 1.53. The Labute approximate surface area is 108 Å². The second-order valence-electron chi connectivity index (χ2n) is 4.12. The Kier molecular flexibility index (Phi) is 4.31. The zero-order chi connectivity index (χ0) is 12.8. The summed E-state index contributed by atoms with van der Waals surface area (Å²) in [5, 5.41) is 3.29. The van der Waals surface area contributed by atoms with Crippen molar-refractivity contribution in [3.05, 3.63) is 53.7 Å². The van der Waals surface area contributed by atoms with Gasteiger partial charge in [-0.15, -0.1) is 0 Å². The first-order chi connectivity index (χ1) is 8.81. The number of nitrogens with one attached hydrogen (secondary N) is 1.